The van der Waals surface area contributed by atoms with Crippen molar-refractivity contribution in [3.8, 4) is 0 Å². The molecule has 2 atom stereocenters. The molecule has 8 nitrogen and oxygen atoms in total. The highest BCUT2D eigenvalue weighted by molar-refractivity contribution is 7.99. The van der Waals surface area contributed by atoms with Crippen LogP contribution in [0.25, 0.3) is 0 Å². The highest BCUT2D eigenvalue weighted by Crippen LogP contribution is 2.40. The summed E-state index contributed by atoms with van der Waals surface area (Å²) in [4.78, 5) is 18.1. The molecule has 0 aliphatic heterocycles. The average Bonchev–Trinajstić information content (AvgIpc) is 2.30. The molecular weight excluding hydrogens is 386 g/mol. The second-order valence-corrected chi connectivity index (χ2v) is 11.2. The first-order chi connectivity index (χ1) is 11.1. The molecule has 0 saturated heterocycles. The lowest BCUT2D eigenvalue weighted by atomic mass is 10.0. The minimum Gasteiger partial charge on any atom is -0.313 e. The predicted molar refractivity (Wildman–Crippen MR) is 103 cm³/mol. The van der Waals surface area contributed by atoms with Crippen molar-refractivity contribution in [3.63, 3.8) is 0 Å². The topological polar surface area (TPSA) is 145 Å². The Kier molecular flexibility index (Phi) is 11.0. The lowest BCUT2D eigenvalue weighted by molar-refractivity contribution is 0.0804. The van der Waals surface area contributed by atoms with Crippen LogP contribution in [0, 0.1) is 0 Å². The van der Waals surface area contributed by atoms with Crippen LogP contribution in [0.2, 0.25) is 0 Å². The summed E-state index contributed by atoms with van der Waals surface area (Å²) in [5.41, 5.74) is 8.64. The Morgan fingerprint density at radius 3 is 1.40 bits per heavy atom. The van der Waals surface area contributed by atoms with E-state index in [0.29, 0.717) is 12.8 Å². The van der Waals surface area contributed by atoms with Crippen molar-refractivity contribution in [2.45, 2.75) is 77.4 Å². The minimum absolute atomic E-state index is 0.668. The Hall–Kier alpha value is 0.570. The summed E-state index contributed by atoms with van der Waals surface area (Å²) in [6, 6.07) is 0. The molecule has 0 bridgehead atoms. The van der Waals surface area contributed by atoms with Gasteiger partial charge in [0.05, 0.1) is 11.2 Å². The molecule has 0 aromatic carbocycles. The van der Waals surface area contributed by atoms with E-state index in [9.17, 15) is 9.13 Å². The highest BCUT2D eigenvalue weighted by atomic mass is 32.2. The van der Waals surface area contributed by atoms with E-state index in [1.807, 2.05) is 11.8 Å². The van der Waals surface area contributed by atoms with E-state index in [-0.39, 0.29) is 0 Å². The number of hydrogen-bond donors (Lipinski definition) is 4. The molecule has 152 valence electrons. The van der Waals surface area contributed by atoms with E-state index in [1.165, 1.54) is 0 Å². The van der Waals surface area contributed by atoms with Crippen LogP contribution >= 0.6 is 27.3 Å². The van der Waals surface area contributed by atoms with E-state index in [2.05, 4.69) is 0 Å². The number of nitrogens with two attached hydrogens (primary N) is 2. The zero-order valence-corrected chi connectivity index (χ0v) is 18.2. The molecule has 0 aromatic heterocycles. The van der Waals surface area contributed by atoms with Crippen LogP contribution < -0.4 is 11.0 Å². The minimum atomic E-state index is -3.94. The summed E-state index contributed by atoms with van der Waals surface area (Å²) in [6.45, 7) is 7.02. The lowest BCUT2D eigenvalue weighted by Crippen LogP contribution is -2.24. The van der Waals surface area contributed by atoms with Crippen LogP contribution in [0.15, 0.2) is 0 Å². The Morgan fingerprint density at radius 2 is 1.12 bits per heavy atom. The third kappa shape index (κ3) is 17.7. The molecule has 0 aromatic rings. The van der Waals surface area contributed by atoms with Gasteiger partial charge in [-0.05, 0) is 77.7 Å². The molecule has 0 spiro atoms. The quantitative estimate of drug-likeness (QED) is 0.244. The van der Waals surface area contributed by atoms with E-state index in [0.717, 1.165) is 37.2 Å². The summed E-state index contributed by atoms with van der Waals surface area (Å²) < 4.78 is 32.1. The Bertz CT molecular complexity index is 436. The summed E-state index contributed by atoms with van der Waals surface area (Å²) in [5.74, 6) is 2.01. The molecular formula is C14H34N2O6P2S. The molecule has 0 aliphatic rings. The van der Waals surface area contributed by atoms with Crippen LogP contribution in [-0.2, 0) is 18.2 Å². The number of unbranched alkanes of at least 4 members (excludes halogenated alkanes) is 2. The molecule has 0 amide bonds. The van der Waals surface area contributed by atoms with Gasteiger partial charge in [0.15, 0.2) is 0 Å². The summed E-state index contributed by atoms with van der Waals surface area (Å²) >= 11 is 1.84. The van der Waals surface area contributed by atoms with Gasteiger partial charge in [-0.3, -0.25) is 9.05 Å². The monoisotopic (exact) mass is 420 g/mol. The Labute approximate surface area is 155 Å². The SMILES string of the molecule is CC(C)(CCCCSCCCCC(C)(C)OP(N)(=O)O)OP(N)(=O)O. The maximum atomic E-state index is 11.1. The van der Waals surface area contributed by atoms with Crippen LogP contribution in [0.4, 0.5) is 0 Å². The second-order valence-electron chi connectivity index (χ2n) is 7.36. The van der Waals surface area contributed by atoms with Crippen molar-refractivity contribution in [1.82, 2.24) is 0 Å². The van der Waals surface area contributed by atoms with Crippen molar-refractivity contribution >= 4 is 27.3 Å². The van der Waals surface area contributed by atoms with Crippen LogP contribution in [0.3, 0.4) is 0 Å². The van der Waals surface area contributed by atoms with Gasteiger partial charge in [0.25, 0.3) is 0 Å². The largest absolute Gasteiger partial charge is 0.400 e. The van der Waals surface area contributed by atoms with Gasteiger partial charge in [-0.1, -0.05) is 0 Å². The predicted octanol–water partition coefficient (Wildman–Crippen LogP) is 3.77. The van der Waals surface area contributed by atoms with Gasteiger partial charge in [-0.25, -0.2) is 20.1 Å². The van der Waals surface area contributed by atoms with Gasteiger partial charge in [-0.15, -0.1) is 0 Å². The first-order valence-electron chi connectivity index (χ1n) is 8.34. The maximum Gasteiger partial charge on any atom is 0.400 e. The van der Waals surface area contributed by atoms with Crippen LogP contribution in [0.5, 0.6) is 0 Å². The van der Waals surface area contributed by atoms with Gasteiger partial charge in [0.1, 0.15) is 0 Å². The highest BCUT2D eigenvalue weighted by Gasteiger charge is 2.27. The molecule has 25 heavy (non-hydrogen) atoms. The fourth-order valence-electron chi connectivity index (χ4n) is 2.41. The summed E-state index contributed by atoms with van der Waals surface area (Å²) in [5, 5.41) is 0. The smallest absolute Gasteiger partial charge is 0.313 e. The standard InChI is InChI=1S/C14H34N2O6P2S/c1-13(2,21-23(15,17)18)9-5-7-11-25-12-8-6-10-14(3,4)22-24(16,19)20/h5-12H2,1-4H3,(H3,15,17,18)(H3,16,19,20). The van der Waals surface area contributed by atoms with Crippen molar-refractivity contribution in [2.24, 2.45) is 11.0 Å². The van der Waals surface area contributed by atoms with Crippen molar-refractivity contribution in [3.05, 3.63) is 0 Å². The molecule has 0 aliphatic carbocycles. The average molecular weight is 420 g/mol. The number of rotatable bonds is 14. The van der Waals surface area contributed by atoms with E-state index in [4.69, 9.17) is 29.8 Å². The van der Waals surface area contributed by atoms with Gasteiger partial charge in [-0.2, -0.15) is 11.8 Å². The summed E-state index contributed by atoms with van der Waals surface area (Å²) in [6.07, 6.45) is 5.11. The van der Waals surface area contributed by atoms with Gasteiger partial charge >= 0.3 is 15.5 Å². The first kappa shape index (κ1) is 25.6. The van der Waals surface area contributed by atoms with Gasteiger partial charge in [0, 0.05) is 0 Å². The number of hydrogen-bond acceptors (Lipinski definition) is 5. The van der Waals surface area contributed by atoms with Crippen LogP contribution in [0.1, 0.15) is 66.2 Å². The maximum absolute atomic E-state index is 11.1. The molecule has 2 unspecified atom stereocenters. The first-order valence-corrected chi connectivity index (χ1v) is 12.8. The zero-order valence-electron chi connectivity index (χ0n) is 15.6. The summed E-state index contributed by atoms with van der Waals surface area (Å²) in [7, 11) is -7.89. The lowest BCUT2D eigenvalue weighted by Gasteiger charge is -2.26. The molecule has 0 fully saturated rings. The third-order valence-electron chi connectivity index (χ3n) is 3.39. The Balaban J connectivity index is 3.69. The molecule has 11 heteroatoms. The van der Waals surface area contributed by atoms with Crippen LogP contribution in [-0.4, -0.2) is 32.5 Å². The normalized spacial score (nSPS) is 17.9. The molecule has 0 heterocycles. The van der Waals surface area contributed by atoms with Crippen molar-refractivity contribution in [1.29, 1.82) is 0 Å². The third-order valence-corrected chi connectivity index (χ3v) is 6.06. The van der Waals surface area contributed by atoms with Gasteiger partial charge < -0.3 is 9.79 Å². The zero-order chi connectivity index (χ0) is 19.8. The molecule has 6 N–H and O–H groups in total. The fraction of sp³-hybridized carbons (Fsp3) is 1.00. The van der Waals surface area contributed by atoms with E-state index < -0.39 is 26.7 Å². The van der Waals surface area contributed by atoms with E-state index >= 15 is 0 Å². The number of thioether (sulfide) groups is 1. The van der Waals surface area contributed by atoms with E-state index in [1.54, 1.807) is 27.7 Å². The van der Waals surface area contributed by atoms with Crippen molar-refractivity contribution < 1.29 is 28.0 Å². The Morgan fingerprint density at radius 1 is 0.800 bits per heavy atom. The molecule has 0 saturated carbocycles. The molecule has 0 rings (SSSR count). The van der Waals surface area contributed by atoms with Crippen molar-refractivity contribution in [2.75, 3.05) is 11.5 Å². The fourth-order valence-corrected chi connectivity index (χ4v) is 5.03. The molecule has 0 radical (unpaired) electrons. The van der Waals surface area contributed by atoms with Gasteiger partial charge in [0.2, 0.25) is 0 Å². The second kappa shape index (κ2) is 10.8.